The number of sulfone groups is 1. The van der Waals surface area contributed by atoms with Gasteiger partial charge < -0.3 is 14.9 Å². The third-order valence-corrected chi connectivity index (χ3v) is 7.69. The standard InChI is InChI=1S/C14H20N2O3S.2C2HF3O2/c1-19-9-13-4-7-20(17,18)14(13)10-16(11-14)8-12-2-5-15-6-3-12;2*3-2(4,5)1(6)7/h2-3,5-6,13H,4,7-11H2,1H3;2*(H,6,7). The third kappa shape index (κ3) is 7.80. The Morgan fingerprint density at radius 2 is 1.53 bits per heavy atom. The number of alkyl halides is 6. The van der Waals surface area contributed by atoms with Crippen LogP contribution in [0.5, 0.6) is 0 Å². The summed E-state index contributed by atoms with van der Waals surface area (Å²) < 4.78 is 92.8. The Morgan fingerprint density at radius 1 is 1.09 bits per heavy atom. The zero-order valence-electron chi connectivity index (χ0n) is 17.6. The molecule has 2 N–H and O–H groups in total. The van der Waals surface area contributed by atoms with Crippen molar-refractivity contribution in [1.82, 2.24) is 9.88 Å². The Kier molecular flexibility index (Phi) is 9.84. The highest BCUT2D eigenvalue weighted by atomic mass is 32.2. The fourth-order valence-electron chi connectivity index (χ4n) is 3.48. The van der Waals surface area contributed by atoms with Gasteiger partial charge in [-0.25, -0.2) is 18.0 Å². The number of nitrogens with zero attached hydrogens (tertiary/aromatic N) is 2. The molecule has 3 heterocycles. The molecular weight excluding hydrogens is 502 g/mol. The van der Waals surface area contributed by atoms with Crippen molar-refractivity contribution in [1.29, 1.82) is 0 Å². The number of hydrogen-bond donors (Lipinski definition) is 2. The van der Waals surface area contributed by atoms with Gasteiger partial charge in [0.05, 0.1) is 12.4 Å². The molecule has 194 valence electrons. The Hall–Kier alpha value is -2.46. The number of hydrogen-bond acceptors (Lipinski definition) is 7. The highest BCUT2D eigenvalue weighted by Crippen LogP contribution is 2.45. The van der Waals surface area contributed by atoms with Crippen molar-refractivity contribution in [2.24, 2.45) is 5.92 Å². The molecule has 2 saturated heterocycles. The fourth-order valence-corrected chi connectivity index (χ4v) is 5.93. The lowest BCUT2D eigenvalue weighted by Crippen LogP contribution is -2.67. The van der Waals surface area contributed by atoms with Crippen LogP contribution in [0.15, 0.2) is 24.5 Å². The number of likely N-dealkylation sites (tertiary alicyclic amines) is 1. The SMILES string of the molecule is COCC1CCS(=O)(=O)C12CN(Cc1ccncc1)C2.O=C(O)C(F)(F)F.O=C(O)C(F)(F)F. The van der Waals surface area contributed by atoms with Crippen molar-refractivity contribution in [2.45, 2.75) is 30.1 Å². The van der Waals surface area contributed by atoms with E-state index >= 15 is 0 Å². The molecule has 0 radical (unpaired) electrons. The van der Waals surface area contributed by atoms with Crippen LogP contribution in [0.3, 0.4) is 0 Å². The number of ether oxygens (including phenoxy) is 1. The molecule has 1 spiro atoms. The van der Waals surface area contributed by atoms with Crippen molar-refractivity contribution in [2.75, 3.05) is 32.6 Å². The van der Waals surface area contributed by atoms with E-state index in [-0.39, 0.29) is 5.92 Å². The average molecular weight is 524 g/mol. The molecule has 9 nitrogen and oxygen atoms in total. The van der Waals surface area contributed by atoms with Crippen LogP contribution in [-0.2, 0) is 30.7 Å². The van der Waals surface area contributed by atoms with E-state index in [0.717, 1.165) is 13.0 Å². The Labute approximate surface area is 190 Å². The first-order valence-electron chi connectivity index (χ1n) is 9.39. The van der Waals surface area contributed by atoms with Gasteiger partial charge in [-0.05, 0) is 24.1 Å². The van der Waals surface area contributed by atoms with Gasteiger partial charge in [-0.1, -0.05) is 0 Å². The maximum Gasteiger partial charge on any atom is 0.490 e. The summed E-state index contributed by atoms with van der Waals surface area (Å²) in [5, 5.41) is 14.2. The van der Waals surface area contributed by atoms with E-state index in [9.17, 15) is 34.8 Å². The lowest BCUT2D eigenvalue weighted by atomic mass is 9.83. The molecule has 0 amide bonds. The number of methoxy groups -OCH3 is 1. The van der Waals surface area contributed by atoms with Crippen LogP contribution in [0.2, 0.25) is 0 Å². The number of halogens is 6. The van der Waals surface area contributed by atoms with E-state index in [2.05, 4.69) is 9.88 Å². The lowest BCUT2D eigenvalue weighted by molar-refractivity contribution is -0.193. The zero-order valence-corrected chi connectivity index (χ0v) is 18.5. The van der Waals surface area contributed by atoms with E-state index in [4.69, 9.17) is 24.5 Å². The fraction of sp³-hybridized carbons (Fsp3) is 0.611. The van der Waals surface area contributed by atoms with E-state index in [1.165, 1.54) is 5.56 Å². The first kappa shape index (κ1) is 29.6. The molecule has 2 aliphatic heterocycles. The Balaban J connectivity index is 0.000000343. The van der Waals surface area contributed by atoms with Crippen LogP contribution in [0.1, 0.15) is 12.0 Å². The minimum absolute atomic E-state index is 0.145. The average Bonchev–Trinajstić information content (AvgIpc) is 2.93. The molecule has 0 aliphatic carbocycles. The van der Waals surface area contributed by atoms with Gasteiger partial charge in [-0.15, -0.1) is 0 Å². The van der Waals surface area contributed by atoms with Crippen LogP contribution < -0.4 is 0 Å². The lowest BCUT2D eigenvalue weighted by Gasteiger charge is -2.50. The quantitative estimate of drug-likeness (QED) is 0.567. The number of carboxylic acid groups (broad SMARTS) is 2. The number of pyridine rings is 1. The summed E-state index contributed by atoms with van der Waals surface area (Å²) in [5.41, 5.74) is 1.17. The summed E-state index contributed by atoms with van der Waals surface area (Å²) in [7, 11) is -1.34. The molecule has 0 aromatic carbocycles. The number of aliphatic carboxylic acids is 2. The van der Waals surface area contributed by atoms with Crippen molar-refractivity contribution in [3.63, 3.8) is 0 Å². The summed E-state index contributed by atoms with van der Waals surface area (Å²) in [6, 6.07) is 3.95. The normalized spacial score (nSPS) is 20.9. The minimum atomic E-state index is -5.08. The molecular formula is C18H22F6N2O7S. The van der Waals surface area contributed by atoms with Gasteiger partial charge >= 0.3 is 24.3 Å². The van der Waals surface area contributed by atoms with Gasteiger partial charge in [0.1, 0.15) is 4.75 Å². The second-order valence-electron chi connectivity index (χ2n) is 7.43. The van der Waals surface area contributed by atoms with Crippen molar-refractivity contribution < 1.29 is 59.3 Å². The molecule has 2 aliphatic rings. The molecule has 3 rings (SSSR count). The summed E-state index contributed by atoms with van der Waals surface area (Å²) in [6.45, 7) is 2.60. The number of carbonyl (C=O) groups is 2. The molecule has 1 unspecified atom stereocenters. The third-order valence-electron chi connectivity index (χ3n) is 5.09. The van der Waals surface area contributed by atoms with Crippen LogP contribution in [-0.4, -0.2) is 90.1 Å². The van der Waals surface area contributed by atoms with Gasteiger partial charge in [-0.3, -0.25) is 9.88 Å². The second kappa shape index (κ2) is 11.3. The zero-order chi connectivity index (χ0) is 26.4. The molecule has 0 bridgehead atoms. The molecule has 1 aromatic heterocycles. The van der Waals surface area contributed by atoms with Gasteiger partial charge in [0, 0.05) is 45.1 Å². The number of rotatable bonds is 4. The van der Waals surface area contributed by atoms with Crippen molar-refractivity contribution in [3.8, 4) is 0 Å². The monoisotopic (exact) mass is 524 g/mol. The smallest absolute Gasteiger partial charge is 0.475 e. The second-order valence-corrected chi connectivity index (χ2v) is 9.88. The van der Waals surface area contributed by atoms with E-state index < -0.39 is 38.9 Å². The van der Waals surface area contributed by atoms with Crippen LogP contribution >= 0.6 is 0 Å². The van der Waals surface area contributed by atoms with Gasteiger partial charge in [0.25, 0.3) is 0 Å². The van der Waals surface area contributed by atoms with Crippen molar-refractivity contribution in [3.05, 3.63) is 30.1 Å². The topological polar surface area (TPSA) is 134 Å². The predicted octanol–water partition coefficient (Wildman–Crippen LogP) is 1.98. The molecule has 34 heavy (non-hydrogen) atoms. The van der Waals surface area contributed by atoms with Crippen molar-refractivity contribution >= 4 is 21.8 Å². The first-order chi connectivity index (χ1) is 15.5. The summed E-state index contributed by atoms with van der Waals surface area (Å²) >= 11 is 0. The molecule has 1 aromatic rings. The van der Waals surface area contributed by atoms with Crippen LogP contribution in [0, 0.1) is 5.92 Å². The van der Waals surface area contributed by atoms with Gasteiger partial charge in [-0.2, -0.15) is 26.3 Å². The summed E-state index contributed by atoms with van der Waals surface area (Å²) in [6.07, 6.45) is -5.89. The van der Waals surface area contributed by atoms with Gasteiger partial charge in [0.15, 0.2) is 9.84 Å². The molecule has 1 atom stereocenters. The minimum Gasteiger partial charge on any atom is -0.475 e. The maximum atomic E-state index is 12.4. The highest BCUT2D eigenvalue weighted by Gasteiger charge is 2.61. The Bertz CT molecular complexity index is 908. The first-order valence-corrected chi connectivity index (χ1v) is 11.0. The number of carboxylic acids is 2. The van der Waals surface area contributed by atoms with E-state index in [1.54, 1.807) is 19.5 Å². The molecule has 0 saturated carbocycles. The van der Waals surface area contributed by atoms with E-state index in [1.807, 2.05) is 12.1 Å². The maximum absolute atomic E-state index is 12.4. The summed E-state index contributed by atoms with van der Waals surface area (Å²) in [4.78, 5) is 24.0. The predicted molar refractivity (Wildman–Crippen MR) is 103 cm³/mol. The van der Waals surface area contributed by atoms with E-state index in [0.29, 0.717) is 25.4 Å². The Morgan fingerprint density at radius 3 is 1.91 bits per heavy atom. The van der Waals surface area contributed by atoms with Gasteiger partial charge in [0.2, 0.25) is 0 Å². The van der Waals surface area contributed by atoms with Crippen LogP contribution in [0.4, 0.5) is 26.3 Å². The summed E-state index contributed by atoms with van der Waals surface area (Å²) in [5.74, 6) is -5.06. The molecule has 2 fully saturated rings. The number of aromatic nitrogens is 1. The largest absolute Gasteiger partial charge is 0.490 e. The van der Waals surface area contributed by atoms with Crippen LogP contribution in [0.25, 0.3) is 0 Å². The molecule has 16 heteroatoms. The highest BCUT2D eigenvalue weighted by molar-refractivity contribution is 7.93.